The second kappa shape index (κ2) is 3.65. The molecule has 0 aromatic carbocycles. The fourth-order valence-electron chi connectivity index (χ4n) is 0.965. The summed E-state index contributed by atoms with van der Waals surface area (Å²) in [5.74, 6) is -0.305. The molecule has 0 amide bonds. The van der Waals surface area contributed by atoms with E-state index >= 15 is 0 Å². The van der Waals surface area contributed by atoms with Crippen LogP contribution in [0.1, 0.15) is 6.92 Å². The van der Waals surface area contributed by atoms with Gasteiger partial charge in [0.05, 0.1) is 0 Å². The molecule has 0 fully saturated rings. The first-order valence-electron chi connectivity index (χ1n) is 3.92. The van der Waals surface area contributed by atoms with Crippen molar-refractivity contribution in [1.82, 2.24) is 20.4 Å². The molecule has 0 radical (unpaired) electrons. The Morgan fingerprint density at radius 3 is 3.07 bits per heavy atom. The van der Waals surface area contributed by atoms with Gasteiger partial charge in [-0.2, -0.15) is 0 Å². The zero-order valence-corrected chi connectivity index (χ0v) is 8.43. The Labute approximate surface area is 87.9 Å². The van der Waals surface area contributed by atoms with Gasteiger partial charge in [-0.05, 0) is 26.7 Å². The summed E-state index contributed by atoms with van der Waals surface area (Å²) in [6.07, 6.45) is 0. The maximum atomic E-state index is 10.7. The summed E-state index contributed by atoms with van der Waals surface area (Å²) >= 11 is 1.24. The molecule has 0 atom stereocenters. The summed E-state index contributed by atoms with van der Waals surface area (Å²) in [5.41, 5.74) is 0. The highest BCUT2D eigenvalue weighted by molar-refractivity contribution is 7.13. The Morgan fingerprint density at radius 1 is 1.67 bits per heavy atom. The van der Waals surface area contributed by atoms with Gasteiger partial charge in [-0.15, -0.1) is 16.4 Å². The summed E-state index contributed by atoms with van der Waals surface area (Å²) in [6.45, 7) is 1.24. The van der Waals surface area contributed by atoms with Crippen LogP contribution in [0.15, 0.2) is 11.4 Å². The number of hydrogen-bond acceptors (Lipinski definition) is 7. The molecule has 1 N–H and O–H groups in total. The van der Waals surface area contributed by atoms with Crippen LogP contribution in [-0.4, -0.2) is 31.4 Å². The molecule has 0 unspecified atom stereocenters. The minimum atomic E-state index is -0.542. The average Bonchev–Trinajstić information content (AvgIpc) is 2.73. The molecular weight excluding hydrogens is 220 g/mol. The van der Waals surface area contributed by atoms with Crippen LogP contribution in [0.5, 0.6) is 5.75 Å². The van der Waals surface area contributed by atoms with Crippen molar-refractivity contribution in [2.45, 2.75) is 6.92 Å². The van der Waals surface area contributed by atoms with Crippen molar-refractivity contribution in [3.05, 3.63) is 11.4 Å². The van der Waals surface area contributed by atoms with Gasteiger partial charge in [-0.1, -0.05) is 0 Å². The van der Waals surface area contributed by atoms with Crippen LogP contribution >= 0.6 is 11.3 Å². The van der Waals surface area contributed by atoms with Crippen LogP contribution in [0.2, 0.25) is 0 Å². The fraction of sp³-hybridized carbons (Fsp3) is 0.143. The van der Waals surface area contributed by atoms with Crippen molar-refractivity contribution in [1.29, 1.82) is 0 Å². The number of aromatic nitrogens is 4. The van der Waals surface area contributed by atoms with E-state index < -0.39 is 5.97 Å². The Kier molecular flexibility index (Phi) is 2.34. The lowest BCUT2D eigenvalue weighted by Gasteiger charge is -2.00. The highest BCUT2D eigenvalue weighted by Crippen LogP contribution is 2.32. The topological polar surface area (TPSA) is 90.1 Å². The third-order valence-corrected chi connectivity index (χ3v) is 2.40. The van der Waals surface area contributed by atoms with Gasteiger partial charge in [0.2, 0.25) is 5.82 Å². The van der Waals surface area contributed by atoms with Gasteiger partial charge in [0.25, 0.3) is 0 Å². The maximum Gasteiger partial charge on any atom is 0.332 e. The molecule has 7 nitrogen and oxygen atoms in total. The lowest BCUT2D eigenvalue weighted by atomic mass is 10.4. The fourth-order valence-corrected chi connectivity index (χ4v) is 1.71. The molecule has 0 saturated heterocycles. The largest absolute Gasteiger partial charge is 0.506 e. The van der Waals surface area contributed by atoms with Crippen LogP contribution in [0.4, 0.5) is 0 Å². The maximum absolute atomic E-state index is 10.7. The molecule has 0 spiro atoms. The zero-order valence-electron chi connectivity index (χ0n) is 7.62. The van der Waals surface area contributed by atoms with Gasteiger partial charge < -0.3 is 9.94 Å². The van der Waals surface area contributed by atoms with Crippen LogP contribution in [0, 0.1) is 0 Å². The summed E-state index contributed by atoms with van der Waals surface area (Å²) in [4.78, 5) is 16.7. The molecule has 0 aliphatic rings. The number of carbonyl (C=O) groups is 1. The Balaban J connectivity index is 2.41. The molecule has 2 rings (SSSR count). The van der Waals surface area contributed by atoms with Gasteiger partial charge in [-0.3, -0.25) is 0 Å². The van der Waals surface area contributed by atoms with Crippen LogP contribution in [0.25, 0.3) is 10.7 Å². The number of thiophene rings is 1. The minimum absolute atomic E-state index is 0.0446. The highest BCUT2D eigenvalue weighted by atomic mass is 32.1. The highest BCUT2D eigenvalue weighted by Gasteiger charge is 2.16. The third kappa shape index (κ3) is 1.79. The molecule has 15 heavy (non-hydrogen) atoms. The molecule has 0 bridgehead atoms. The first kappa shape index (κ1) is 9.59. The van der Waals surface area contributed by atoms with E-state index in [0.29, 0.717) is 4.88 Å². The normalized spacial score (nSPS) is 10.2. The molecule has 2 aromatic rings. The number of aromatic hydroxyl groups is 1. The smallest absolute Gasteiger partial charge is 0.332 e. The Bertz CT molecular complexity index is 492. The average molecular weight is 226 g/mol. The quantitative estimate of drug-likeness (QED) is 0.729. The van der Waals surface area contributed by atoms with Gasteiger partial charge >= 0.3 is 5.97 Å². The monoisotopic (exact) mass is 226 g/mol. The predicted octanol–water partition coefficient (Wildman–Crippen LogP) is 0.0823. The van der Waals surface area contributed by atoms with E-state index in [2.05, 4.69) is 15.5 Å². The molecule has 0 aliphatic heterocycles. The standard InChI is InChI=1S/C7H6N4O3S/c1-4(12)14-11-7(8-9-10-11)6-5(13)2-3-15-6/h2-3,13H,1H3. The molecule has 2 heterocycles. The number of tetrazole rings is 1. The summed E-state index contributed by atoms with van der Waals surface area (Å²) < 4.78 is 0. The lowest BCUT2D eigenvalue weighted by Crippen LogP contribution is -2.18. The SMILES string of the molecule is CC(=O)On1nnnc1-c1sccc1O. The van der Waals surface area contributed by atoms with E-state index in [1.807, 2.05) is 0 Å². The van der Waals surface area contributed by atoms with Gasteiger partial charge in [0, 0.05) is 6.92 Å². The molecule has 8 heteroatoms. The lowest BCUT2D eigenvalue weighted by molar-refractivity contribution is -0.143. The molecule has 0 aliphatic carbocycles. The number of hydrogen-bond donors (Lipinski definition) is 1. The van der Waals surface area contributed by atoms with E-state index in [1.54, 1.807) is 5.38 Å². The van der Waals surface area contributed by atoms with Gasteiger partial charge in [-0.25, -0.2) is 4.79 Å². The van der Waals surface area contributed by atoms with Crippen LogP contribution in [-0.2, 0) is 4.79 Å². The number of carbonyl (C=O) groups excluding carboxylic acids is 1. The third-order valence-electron chi connectivity index (χ3n) is 1.50. The molecule has 78 valence electrons. The zero-order chi connectivity index (χ0) is 10.8. The van der Waals surface area contributed by atoms with Crippen LogP contribution in [0.3, 0.4) is 0 Å². The Hall–Kier alpha value is -1.96. The number of nitrogens with zero attached hydrogens (tertiary/aromatic N) is 4. The molecule has 2 aromatic heterocycles. The van der Waals surface area contributed by atoms with Crippen molar-refractivity contribution >= 4 is 17.3 Å². The second-order valence-corrected chi connectivity index (χ2v) is 3.51. The van der Waals surface area contributed by atoms with Gasteiger partial charge in [0.1, 0.15) is 10.6 Å². The van der Waals surface area contributed by atoms with Crippen molar-refractivity contribution < 1.29 is 14.7 Å². The van der Waals surface area contributed by atoms with Crippen molar-refractivity contribution in [2.24, 2.45) is 0 Å². The van der Waals surface area contributed by atoms with E-state index in [-0.39, 0.29) is 11.6 Å². The van der Waals surface area contributed by atoms with E-state index in [9.17, 15) is 9.90 Å². The first-order chi connectivity index (χ1) is 7.18. The summed E-state index contributed by atoms with van der Waals surface area (Å²) in [5, 5.41) is 21.6. The minimum Gasteiger partial charge on any atom is -0.506 e. The van der Waals surface area contributed by atoms with E-state index in [0.717, 1.165) is 4.85 Å². The van der Waals surface area contributed by atoms with Gasteiger partial charge in [0.15, 0.2) is 0 Å². The molecule has 0 saturated carbocycles. The van der Waals surface area contributed by atoms with Crippen molar-refractivity contribution in [2.75, 3.05) is 0 Å². The number of rotatable bonds is 2. The second-order valence-electron chi connectivity index (χ2n) is 2.59. The van der Waals surface area contributed by atoms with Crippen molar-refractivity contribution in [3.63, 3.8) is 0 Å². The predicted molar refractivity (Wildman–Crippen MR) is 50.1 cm³/mol. The van der Waals surface area contributed by atoms with E-state index in [1.165, 1.54) is 24.3 Å². The first-order valence-corrected chi connectivity index (χ1v) is 4.80. The summed E-state index contributed by atoms with van der Waals surface area (Å²) in [7, 11) is 0. The summed E-state index contributed by atoms with van der Waals surface area (Å²) in [6, 6.07) is 1.51. The van der Waals surface area contributed by atoms with Crippen molar-refractivity contribution in [3.8, 4) is 16.5 Å². The van der Waals surface area contributed by atoms with E-state index in [4.69, 9.17) is 4.84 Å². The Morgan fingerprint density at radius 2 is 2.47 bits per heavy atom. The molecular formula is C7H6N4O3S. The van der Waals surface area contributed by atoms with Crippen LogP contribution < -0.4 is 4.84 Å².